The molecule has 7 nitrogen and oxygen atoms in total. The first-order chi connectivity index (χ1) is 12.6. The van der Waals surface area contributed by atoms with Crippen molar-refractivity contribution in [3.05, 3.63) is 58.7 Å². The van der Waals surface area contributed by atoms with Crippen LogP contribution in [0.2, 0.25) is 0 Å². The Balaban J connectivity index is 2.44. The second-order valence-electron chi connectivity index (χ2n) is 5.50. The van der Waals surface area contributed by atoms with E-state index >= 15 is 0 Å². The Labute approximate surface area is 152 Å². The van der Waals surface area contributed by atoms with Crippen LogP contribution in [0.3, 0.4) is 0 Å². The summed E-state index contributed by atoms with van der Waals surface area (Å²) in [5.41, 5.74) is 13.8. The lowest BCUT2D eigenvalue weighted by atomic mass is 9.98. The van der Waals surface area contributed by atoms with Gasteiger partial charge in [-0.05, 0) is 35.4 Å². The van der Waals surface area contributed by atoms with E-state index in [2.05, 4.69) is 0 Å². The number of methoxy groups -OCH3 is 2. The van der Waals surface area contributed by atoms with E-state index in [9.17, 15) is 4.79 Å². The minimum atomic E-state index is -0.241. The van der Waals surface area contributed by atoms with Crippen LogP contribution in [0, 0.1) is 0 Å². The van der Waals surface area contributed by atoms with Crippen LogP contribution in [-0.4, -0.2) is 33.6 Å². The topological polar surface area (TPSA) is 106 Å². The molecule has 0 aliphatic heterocycles. The molecule has 0 aromatic heterocycles. The number of carbonyl (C=O) groups excluding carboxylic acids is 1. The second kappa shape index (κ2) is 9.88. The fourth-order valence-electron chi connectivity index (χ4n) is 2.39. The van der Waals surface area contributed by atoms with Crippen molar-refractivity contribution in [2.45, 2.75) is 13.1 Å². The van der Waals surface area contributed by atoms with Crippen LogP contribution in [0.15, 0.2) is 36.4 Å². The molecule has 0 fully saturated rings. The fraction of sp³-hybridized carbons (Fsp3) is 0.316. The maximum Gasteiger partial charge on any atom is 0.200 e. The molecular formula is C19H24N2O5. The minimum absolute atomic E-state index is 0.0213. The van der Waals surface area contributed by atoms with Crippen LogP contribution in [0.1, 0.15) is 27.0 Å². The number of nitrogens with two attached hydrogens (primary N) is 2. The molecule has 0 saturated heterocycles. The normalized spacial score (nSPS) is 10.6. The van der Waals surface area contributed by atoms with Gasteiger partial charge in [0, 0.05) is 27.3 Å². The van der Waals surface area contributed by atoms with Crippen molar-refractivity contribution in [2.75, 3.05) is 27.8 Å². The fourth-order valence-corrected chi connectivity index (χ4v) is 2.39. The average Bonchev–Trinajstić information content (AvgIpc) is 2.69. The SMILES string of the molecule is COCOc1cc(CN)ccc1C(=O)c1ccc(CN)cc1OCOC. The number of carbonyl (C=O) groups is 1. The highest BCUT2D eigenvalue weighted by atomic mass is 16.7. The van der Waals surface area contributed by atoms with Gasteiger partial charge in [-0.1, -0.05) is 12.1 Å². The zero-order valence-corrected chi connectivity index (χ0v) is 15.0. The van der Waals surface area contributed by atoms with E-state index in [0.29, 0.717) is 35.7 Å². The minimum Gasteiger partial charge on any atom is -0.467 e. The predicted molar refractivity (Wildman–Crippen MR) is 97.1 cm³/mol. The molecule has 0 amide bonds. The molecule has 26 heavy (non-hydrogen) atoms. The van der Waals surface area contributed by atoms with Crippen molar-refractivity contribution in [3.8, 4) is 11.5 Å². The van der Waals surface area contributed by atoms with Gasteiger partial charge < -0.3 is 30.4 Å². The Kier molecular flexibility index (Phi) is 7.55. The first kappa shape index (κ1) is 19.9. The molecule has 7 heteroatoms. The highest BCUT2D eigenvalue weighted by Gasteiger charge is 2.20. The molecule has 0 spiro atoms. The Hall–Kier alpha value is -2.45. The molecule has 0 bridgehead atoms. The van der Waals surface area contributed by atoms with Gasteiger partial charge in [0.25, 0.3) is 0 Å². The molecule has 4 N–H and O–H groups in total. The molecule has 0 aliphatic carbocycles. The summed E-state index contributed by atoms with van der Waals surface area (Å²) in [6, 6.07) is 10.4. The second-order valence-corrected chi connectivity index (χ2v) is 5.50. The predicted octanol–water partition coefficient (Wildman–Crippen LogP) is 1.80. The molecular weight excluding hydrogens is 336 g/mol. The summed E-state index contributed by atoms with van der Waals surface area (Å²) in [6.07, 6.45) is 0. The van der Waals surface area contributed by atoms with E-state index in [1.807, 2.05) is 0 Å². The lowest BCUT2D eigenvalue weighted by Gasteiger charge is -2.15. The van der Waals surface area contributed by atoms with Crippen LogP contribution in [-0.2, 0) is 22.6 Å². The standard InChI is InChI=1S/C19H24N2O5/c1-23-11-25-17-7-13(9-20)3-5-15(17)19(22)16-6-4-14(10-21)8-18(16)26-12-24-2/h3-8H,9-12,20-21H2,1-2H3. The molecule has 0 radical (unpaired) electrons. The van der Waals surface area contributed by atoms with E-state index in [0.717, 1.165) is 11.1 Å². The van der Waals surface area contributed by atoms with Gasteiger partial charge in [-0.25, -0.2) is 0 Å². The average molecular weight is 360 g/mol. The zero-order chi connectivity index (χ0) is 18.9. The van der Waals surface area contributed by atoms with E-state index in [1.165, 1.54) is 14.2 Å². The molecule has 0 saturated carbocycles. The zero-order valence-electron chi connectivity index (χ0n) is 15.0. The molecule has 2 aromatic rings. The summed E-state index contributed by atoms with van der Waals surface area (Å²) in [5.74, 6) is 0.565. The Morgan fingerprint density at radius 1 is 0.808 bits per heavy atom. The van der Waals surface area contributed by atoms with Crippen LogP contribution in [0.25, 0.3) is 0 Å². The molecule has 140 valence electrons. The lowest BCUT2D eigenvalue weighted by molar-refractivity contribution is 0.0494. The Morgan fingerprint density at radius 3 is 1.58 bits per heavy atom. The van der Waals surface area contributed by atoms with E-state index < -0.39 is 0 Å². The van der Waals surface area contributed by atoms with Crippen molar-refractivity contribution in [3.63, 3.8) is 0 Å². The third-order valence-electron chi connectivity index (χ3n) is 3.72. The van der Waals surface area contributed by atoms with Gasteiger partial charge >= 0.3 is 0 Å². The van der Waals surface area contributed by atoms with Gasteiger partial charge in [0.15, 0.2) is 19.4 Å². The molecule has 0 aliphatic rings. The van der Waals surface area contributed by atoms with Gasteiger partial charge in [-0.2, -0.15) is 0 Å². The van der Waals surface area contributed by atoms with Gasteiger partial charge in [0.05, 0.1) is 11.1 Å². The maximum atomic E-state index is 13.1. The van der Waals surface area contributed by atoms with Crippen LogP contribution in [0.5, 0.6) is 11.5 Å². The van der Waals surface area contributed by atoms with Crippen molar-refractivity contribution in [1.29, 1.82) is 0 Å². The first-order valence-corrected chi connectivity index (χ1v) is 8.08. The van der Waals surface area contributed by atoms with E-state index in [-0.39, 0.29) is 19.4 Å². The molecule has 0 unspecified atom stereocenters. The number of hydrogen-bond donors (Lipinski definition) is 2. The van der Waals surface area contributed by atoms with Crippen molar-refractivity contribution >= 4 is 5.78 Å². The monoisotopic (exact) mass is 360 g/mol. The largest absolute Gasteiger partial charge is 0.467 e. The molecule has 2 rings (SSSR count). The van der Waals surface area contributed by atoms with E-state index in [4.69, 9.17) is 30.4 Å². The van der Waals surface area contributed by atoms with Gasteiger partial charge in [0.1, 0.15) is 11.5 Å². The van der Waals surface area contributed by atoms with Crippen LogP contribution < -0.4 is 20.9 Å². The highest BCUT2D eigenvalue weighted by molar-refractivity contribution is 6.12. The van der Waals surface area contributed by atoms with Crippen LogP contribution >= 0.6 is 0 Å². The summed E-state index contributed by atoms with van der Waals surface area (Å²) in [6.45, 7) is 0.720. The Morgan fingerprint density at radius 2 is 1.23 bits per heavy atom. The van der Waals surface area contributed by atoms with Gasteiger partial charge in [-0.15, -0.1) is 0 Å². The van der Waals surface area contributed by atoms with Crippen molar-refractivity contribution in [1.82, 2.24) is 0 Å². The van der Waals surface area contributed by atoms with Gasteiger partial charge in [-0.3, -0.25) is 4.79 Å². The molecule has 0 atom stereocenters. The summed E-state index contributed by atoms with van der Waals surface area (Å²) in [7, 11) is 3.02. The third-order valence-corrected chi connectivity index (χ3v) is 3.72. The lowest BCUT2D eigenvalue weighted by Crippen LogP contribution is -2.11. The molecule has 2 aromatic carbocycles. The van der Waals surface area contributed by atoms with Crippen molar-refractivity contribution in [2.24, 2.45) is 11.5 Å². The van der Waals surface area contributed by atoms with Crippen LogP contribution in [0.4, 0.5) is 0 Å². The number of ether oxygens (including phenoxy) is 4. The summed E-state index contributed by atoms with van der Waals surface area (Å²) in [4.78, 5) is 13.1. The molecule has 0 heterocycles. The number of benzene rings is 2. The quantitative estimate of drug-likeness (QED) is 0.491. The number of rotatable bonds is 10. The summed E-state index contributed by atoms with van der Waals surface area (Å²) < 4.78 is 21.0. The highest BCUT2D eigenvalue weighted by Crippen LogP contribution is 2.29. The smallest absolute Gasteiger partial charge is 0.200 e. The summed E-state index contributed by atoms with van der Waals surface area (Å²) in [5, 5.41) is 0. The first-order valence-electron chi connectivity index (χ1n) is 8.08. The van der Waals surface area contributed by atoms with Crippen molar-refractivity contribution < 1.29 is 23.7 Å². The maximum absolute atomic E-state index is 13.1. The third kappa shape index (κ3) is 4.80. The Bertz CT molecular complexity index is 687. The number of ketones is 1. The number of hydrogen-bond acceptors (Lipinski definition) is 7. The van der Waals surface area contributed by atoms with Gasteiger partial charge in [0.2, 0.25) is 0 Å². The van der Waals surface area contributed by atoms with E-state index in [1.54, 1.807) is 36.4 Å². The summed E-state index contributed by atoms with van der Waals surface area (Å²) >= 11 is 0.